The van der Waals surface area contributed by atoms with E-state index in [0.29, 0.717) is 17.5 Å². The summed E-state index contributed by atoms with van der Waals surface area (Å²) in [6.45, 7) is 1.76. The first-order chi connectivity index (χ1) is 14.2. The molecule has 0 aliphatic heterocycles. The summed E-state index contributed by atoms with van der Waals surface area (Å²) in [6.07, 6.45) is 21.5. The number of carbonyl (C=O) groups is 2. The zero-order valence-electron chi connectivity index (χ0n) is 18.3. The topological polar surface area (TPSA) is 54.4 Å². The summed E-state index contributed by atoms with van der Waals surface area (Å²) < 4.78 is 0. The van der Waals surface area contributed by atoms with E-state index in [4.69, 9.17) is 5.11 Å². The van der Waals surface area contributed by atoms with Gasteiger partial charge in [0.2, 0.25) is 0 Å². The highest BCUT2D eigenvalue weighted by Crippen LogP contribution is 2.13. The van der Waals surface area contributed by atoms with Crippen LogP contribution in [0.15, 0.2) is 36.4 Å². The molecule has 1 aromatic carbocycles. The molecular formula is C26H40O3. The van der Waals surface area contributed by atoms with E-state index in [-0.39, 0.29) is 11.6 Å². The third-order valence-electron chi connectivity index (χ3n) is 5.34. The molecule has 1 rings (SSSR count). The largest absolute Gasteiger partial charge is 0.388 e. The lowest BCUT2D eigenvalue weighted by molar-refractivity contribution is 0.0902. The number of aliphatic hydroxyl groups excluding tert-OH is 1. The van der Waals surface area contributed by atoms with Crippen molar-refractivity contribution in [3.63, 3.8) is 0 Å². The number of ketones is 2. The van der Waals surface area contributed by atoms with Crippen LogP contribution in [0.25, 0.3) is 0 Å². The van der Waals surface area contributed by atoms with Crippen LogP contribution in [0.4, 0.5) is 0 Å². The Kier molecular flexibility index (Phi) is 15.0. The van der Waals surface area contributed by atoms with E-state index in [1.54, 1.807) is 24.3 Å². The standard InChI is InChI=1S/C26H40O3/c1-2-3-4-5-6-7-8-9-10-11-12-13-14-15-16-17-25(28)23-18-20-24(21-19-23)26(29)22-27/h9-10,18-21,27H,2-8,11-17,22H2,1H3/b10-9-. The molecule has 0 atom stereocenters. The SMILES string of the molecule is CCCCCCCC/C=C\CCCCCCCC(=O)c1ccc(C(=O)CO)cc1. The van der Waals surface area contributed by atoms with Gasteiger partial charge in [0.15, 0.2) is 11.6 Å². The zero-order chi connectivity index (χ0) is 21.2. The van der Waals surface area contributed by atoms with Crippen molar-refractivity contribution in [3.05, 3.63) is 47.5 Å². The van der Waals surface area contributed by atoms with E-state index >= 15 is 0 Å². The van der Waals surface area contributed by atoms with Crippen LogP contribution in [0.3, 0.4) is 0 Å². The number of benzene rings is 1. The number of unbranched alkanes of at least 4 members (excludes halogenated alkanes) is 11. The normalized spacial score (nSPS) is 11.2. The summed E-state index contributed by atoms with van der Waals surface area (Å²) in [7, 11) is 0. The molecular weight excluding hydrogens is 360 g/mol. The second-order valence-corrected chi connectivity index (χ2v) is 7.92. The minimum absolute atomic E-state index is 0.130. The predicted molar refractivity (Wildman–Crippen MR) is 122 cm³/mol. The van der Waals surface area contributed by atoms with Crippen LogP contribution in [0.1, 0.15) is 118 Å². The molecule has 0 aliphatic rings. The number of aliphatic hydroxyl groups is 1. The second-order valence-electron chi connectivity index (χ2n) is 7.92. The van der Waals surface area contributed by atoms with E-state index < -0.39 is 6.61 Å². The summed E-state index contributed by atoms with van der Waals surface area (Å²) in [4.78, 5) is 23.6. The molecule has 29 heavy (non-hydrogen) atoms. The summed E-state index contributed by atoms with van der Waals surface area (Å²) in [5.41, 5.74) is 1.10. The van der Waals surface area contributed by atoms with Crippen molar-refractivity contribution in [1.29, 1.82) is 0 Å². The summed E-state index contributed by atoms with van der Waals surface area (Å²) in [5.74, 6) is -0.188. The summed E-state index contributed by atoms with van der Waals surface area (Å²) >= 11 is 0. The van der Waals surface area contributed by atoms with Gasteiger partial charge in [-0.05, 0) is 32.1 Å². The molecule has 0 aromatic heterocycles. The fourth-order valence-corrected chi connectivity index (χ4v) is 3.43. The first-order valence-corrected chi connectivity index (χ1v) is 11.6. The molecule has 0 bridgehead atoms. The molecule has 3 heteroatoms. The maximum atomic E-state index is 12.2. The van der Waals surface area contributed by atoms with Crippen molar-refractivity contribution in [1.82, 2.24) is 0 Å². The van der Waals surface area contributed by atoms with Crippen molar-refractivity contribution in [2.45, 2.75) is 96.8 Å². The van der Waals surface area contributed by atoms with Crippen molar-refractivity contribution in [2.24, 2.45) is 0 Å². The molecule has 0 saturated heterocycles. The van der Waals surface area contributed by atoms with Gasteiger partial charge in [0.1, 0.15) is 6.61 Å². The Morgan fingerprint density at radius 1 is 0.690 bits per heavy atom. The van der Waals surface area contributed by atoms with Crippen LogP contribution in [-0.4, -0.2) is 23.3 Å². The summed E-state index contributed by atoms with van der Waals surface area (Å²) in [5, 5.41) is 8.85. The number of hydrogen-bond donors (Lipinski definition) is 1. The number of Topliss-reactive ketones (excluding diaryl/α,β-unsaturated/α-hetero) is 2. The molecule has 1 aromatic rings. The third-order valence-corrected chi connectivity index (χ3v) is 5.34. The molecule has 0 amide bonds. The van der Waals surface area contributed by atoms with Gasteiger partial charge in [-0.1, -0.05) is 94.7 Å². The van der Waals surface area contributed by atoms with E-state index in [1.165, 1.54) is 70.6 Å². The van der Waals surface area contributed by atoms with Crippen molar-refractivity contribution in [3.8, 4) is 0 Å². The van der Waals surface area contributed by atoms with E-state index in [9.17, 15) is 9.59 Å². The Morgan fingerprint density at radius 2 is 1.14 bits per heavy atom. The van der Waals surface area contributed by atoms with Gasteiger partial charge < -0.3 is 5.11 Å². The molecule has 0 radical (unpaired) electrons. The molecule has 0 spiro atoms. The lowest BCUT2D eigenvalue weighted by atomic mass is 10.0. The number of rotatable bonds is 18. The van der Waals surface area contributed by atoms with Gasteiger partial charge in [-0.3, -0.25) is 9.59 Å². The average Bonchev–Trinajstić information content (AvgIpc) is 2.75. The minimum atomic E-state index is -0.498. The Hall–Kier alpha value is -1.74. The van der Waals surface area contributed by atoms with Gasteiger partial charge in [-0.2, -0.15) is 0 Å². The third kappa shape index (κ3) is 12.4. The smallest absolute Gasteiger partial charge is 0.188 e. The van der Waals surface area contributed by atoms with Crippen molar-refractivity contribution >= 4 is 11.6 Å². The van der Waals surface area contributed by atoms with Gasteiger partial charge >= 0.3 is 0 Å². The van der Waals surface area contributed by atoms with Gasteiger partial charge in [0.05, 0.1) is 0 Å². The molecule has 0 unspecified atom stereocenters. The fraction of sp³-hybridized carbons (Fsp3) is 0.615. The highest BCUT2D eigenvalue weighted by molar-refractivity contribution is 5.99. The second kappa shape index (κ2) is 17.1. The highest BCUT2D eigenvalue weighted by atomic mass is 16.3. The van der Waals surface area contributed by atoms with E-state index in [2.05, 4.69) is 19.1 Å². The molecule has 3 nitrogen and oxygen atoms in total. The lowest BCUT2D eigenvalue weighted by Gasteiger charge is -2.03. The average molecular weight is 401 g/mol. The van der Waals surface area contributed by atoms with Gasteiger partial charge in [-0.15, -0.1) is 0 Å². The van der Waals surface area contributed by atoms with Crippen molar-refractivity contribution < 1.29 is 14.7 Å². The number of allylic oxidation sites excluding steroid dienone is 2. The first-order valence-electron chi connectivity index (χ1n) is 11.6. The molecule has 0 heterocycles. The molecule has 0 saturated carbocycles. The molecule has 0 fully saturated rings. The Morgan fingerprint density at radius 3 is 1.66 bits per heavy atom. The Balaban J connectivity index is 1.98. The van der Waals surface area contributed by atoms with Crippen LogP contribution in [0, 0.1) is 0 Å². The predicted octanol–water partition coefficient (Wildman–Crippen LogP) is 7.08. The quantitative estimate of drug-likeness (QED) is 0.163. The van der Waals surface area contributed by atoms with Crippen LogP contribution in [0.2, 0.25) is 0 Å². The van der Waals surface area contributed by atoms with Gasteiger partial charge in [0.25, 0.3) is 0 Å². The number of hydrogen-bond acceptors (Lipinski definition) is 3. The monoisotopic (exact) mass is 400 g/mol. The Labute approximate surface area is 177 Å². The van der Waals surface area contributed by atoms with E-state index in [1.807, 2.05) is 0 Å². The van der Waals surface area contributed by atoms with Gasteiger partial charge in [0, 0.05) is 17.5 Å². The first kappa shape index (κ1) is 25.3. The van der Waals surface area contributed by atoms with Crippen LogP contribution in [0.5, 0.6) is 0 Å². The zero-order valence-corrected chi connectivity index (χ0v) is 18.3. The van der Waals surface area contributed by atoms with Crippen LogP contribution >= 0.6 is 0 Å². The maximum Gasteiger partial charge on any atom is 0.188 e. The molecule has 0 aliphatic carbocycles. The van der Waals surface area contributed by atoms with E-state index in [0.717, 1.165) is 12.8 Å². The van der Waals surface area contributed by atoms with Gasteiger partial charge in [-0.25, -0.2) is 0 Å². The molecule has 162 valence electrons. The minimum Gasteiger partial charge on any atom is -0.388 e. The Bertz CT molecular complexity index is 586. The summed E-state index contributed by atoms with van der Waals surface area (Å²) in [6, 6.07) is 6.60. The highest BCUT2D eigenvalue weighted by Gasteiger charge is 2.08. The lowest BCUT2D eigenvalue weighted by Crippen LogP contribution is -2.05. The maximum absolute atomic E-state index is 12.2. The van der Waals surface area contributed by atoms with Crippen LogP contribution in [-0.2, 0) is 0 Å². The van der Waals surface area contributed by atoms with Crippen molar-refractivity contribution in [2.75, 3.05) is 6.61 Å². The van der Waals surface area contributed by atoms with Crippen LogP contribution < -0.4 is 0 Å². The number of carbonyl (C=O) groups excluding carboxylic acids is 2. The fourth-order valence-electron chi connectivity index (χ4n) is 3.43. The molecule has 1 N–H and O–H groups in total.